The van der Waals surface area contributed by atoms with Gasteiger partial charge in [-0.2, -0.15) is 18.3 Å². The average molecular weight is 426 g/mol. The van der Waals surface area contributed by atoms with E-state index in [2.05, 4.69) is 15.1 Å². The van der Waals surface area contributed by atoms with Gasteiger partial charge in [-0.1, -0.05) is 11.6 Å². The molecule has 1 saturated carbocycles. The van der Waals surface area contributed by atoms with Crippen molar-refractivity contribution in [2.75, 3.05) is 0 Å². The number of hydrogen-bond acceptors (Lipinski definition) is 2. The molecule has 2 aliphatic rings. The highest BCUT2D eigenvalue weighted by Gasteiger charge is 2.32. The molecule has 0 saturated heterocycles. The number of rotatable bonds is 4. The monoisotopic (exact) mass is 425 g/mol. The maximum absolute atomic E-state index is 12.9. The van der Waals surface area contributed by atoms with Gasteiger partial charge in [0.15, 0.2) is 0 Å². The van der Waals surface area contributed by atoms with E-state index in [-0.39, 0.29) is 16.6 Å². The predicted octanol–water partition coefficient (Wildman–Crippen LogP) is 5.03. The summed E-state index contributed by atoms with van der Waals surface area (Å²) in [5.74, 6) is -0.0423. The van der Waals surface area contributed by atoms with Gasteiger partial charge in [-0.05, 0) is 74.6 Å². The molecule has 8 heteroatoms. The van der Waals surface area contributed by atoms with Crippen LogP contribution in [0.25, 0.3) is 0 Å². The maximum atomic E-state index is 12.9. The maximum Gasteiger partial charge on any atom is 0.416 e. The van der Waals surface area contributed by atoms with Gasteiger partial charge >= 0.3 is 6.18 Å². The van der Waals surface area contributed by atoms with E-state index in [1.165, 1.54) is 17.7 Å². The Balaban J connectivity index is 1.33. The minimum Gasteiger partial charge on any atom is -0.349 e. The molecule has 0 bridgehead atoms. The zero-order chi connectivity index (χ0) is 20.6. The summed E-state index contributed by atoms with van der Waals surface area (Å²) >= 11 is 5.97. The van der Waals surface area contributed by atoms with Crippen LogP contribution in [-0.2, 0) is 25.6 Å². The third-order valence-corrected chi connectivity index (χ3v) is 6.38. The molecule has 2 aromatic rings. The number of benzene rings is 1. The summed E-state index contributed by atoms with van der Waals surface area (Å²) in [6.45, 7) is 0.898. The van der Waals surface area contributed by atoms with Crippen LogP contribution in [0.4, 0.5) is 13.2 Å². The van der Waals surface area contributed by atoms with Crippen molar-refractivity contribution in [1.29, 1.82) is 0 Å². The SMILES string of the molecule is O=C(N[C@H]1CC[C@H](Cn2ncc3c2CCC3)CC1)c1cc(C(F)(F)F)ccc1Cl. The molecule has 1 N–H and O–H groups in total. The summed E-state index contributed by atoms with van der Waals surface area (Å²) in [6, 6.07) is 2.78. The van der Waals surface area contributed by atoms with Crippen LogP contribution in [0.1, 0.15) is 59.3 Å². The molecule has 0 radical (unpaired) electrons. The first kappa shape index (κ1) is 20.3. The predicted molar refractivity (Wildman–Crippen MR) is 104 cm³/mol. The third kappa shape index (κ3) is 4.44. The van der Waals surface area contributed by atoms with Crippen molar-refractivity contribution in [3.05, 3.63) is 51.8 Å². The first-order valence-corrected chi connectivity index (χ1v) is 10.4. The van der Waals surface area contributed by atoms with Gasteiger partial charge < -0.3 is 5.32 Å². The fraction of sp³-hybridized carbons (Fsp3) is 0.524. The quantitative estimate of drug-likeness (QED) is 0.746. The number of carbonyl (C=O) groups is 1. The standard InChI is InChI=1S/C21H23ClF3N3O/c22-18-9-6-15(21(23,24)25)10-17(18)20(29)27-16-7-4-13(5-8-16)12-28-19-3-1-2-14(19)11-26-28/h6,9-11,13,16H,1-5,7-8,12H2,(H,27,29)/t13-,16-. The lowest BCUT2D eigenvalue weighted by Crippen LogP contribution is -2.38. The lowest BCUT2D eigenvalue weighted by molar-refractivity contribution is -0.137. The summed E-state index contributed by atoms with van der Waals surface area (Å²) in [6.07, 6.45) is 4.39. The molecule has 29 heavy (non-hydrogen) atoms. The highest BCUT2D eigenvalue weighted by Crippen LogP contribution is 2.32. The van der Waals surface area contributed by atoms with Crippen molar-refractivity contribution in [1.82, 2.24) is 15.1 Å². The average Bonchev–Trinajstić information content (AvgIpc) is 3.28. The molecule has 1 amide bonds. The number of amides is 1. The van der Waals surface area contributed by atoms with Crippen LogP contribution < -0.4 is 5.32 Å². The molecule has 1 heterocycles. The van der Waals surface area contributed by atoms with Crippen molar-refractivity contribution >= 4 is 17.5 Å². The molecule has 0 aliphatic heterocycles. The minimum atomic E-state index is -4.51. The molecule has 0 unspecified atom stereocenters. The van der Waals surface area contributed by atoms with Crippen LogP contribution in [0.2, 0.25) is 5.02 Å². The van der Waals surface area contributed by atoms with E-state index in [9.17, 15) is 18.0 Å². The smallest absolute Gasteiger partial charge is 0.349 e. The number of nitrogens with one attached hydrogen (secondary N) is 1. The number of fused-ring (bicyclic) bond motifs is 1. The van der Waals surface area contributed by atoms with Gasteiger partial charge in [-0.25, -0.2) is 0 Å². The molecular weight excluding hydrogens is 403 g/mol. The molecule has 4 nitrogen and oxygen atoms in total. The molecule has 1 aromatic heterocycles. The van der Waals surface area contributed by atoms with Gasteiger partial charge in [-0.15, -0.1) is 0 Å². The number of hydrogen-bond donors (Lipinski definition) is 1. The molecule has 1 aromatic carbocycles. The number of nitrogens with zero attached hydrogens (tertiary/aromatic N) is 2. The summed E-state index contributed by atoms with van der Waals surface area (Å²) in [5, 5.41) is 7.40. The van der Waals surface area contributed by atoms with E-state index in [0.717, 1.165) is 63.3 Å². The van der Waals surface area contributed by atoms with E-state index in [4.69, 9.17) is 11.6 Å². The summed E-state index contributed by atoms with van der Waals surface area (Å²) in [4.78, 5) is 12.5. The van der Waals surface area contributed by atoms with Crippen molar-refractivity contribution in [3.8, 4) is 0 Å². The number of carbonyl (C=O) groups excluding carboxylic acids is 1. The number of aryl methyl sites for hydroxylation is 1. The van der Waals surface area contributed by atoms with Crippen molar-refractivity contribution in [2.24, 2.45) is 5.92 Å². The number of alkyl halides is 3. The van der Waals surface area contributed by atoms with E-state index in [1.807, 2.05) is 6.20 Å². The van der Waals surface area contributed by atoms with E-state index in [0.29, 0.717) is 5.92 Å². The molecular formula is C21H23ClF3N3O. The summed E-state index contributed by atoms with van der Waals surface area (Å²) in [7, 11) is 0. The molecule has 4 rings (SSSR count). The van der Waals surface area contributed by atoms with Gasteiger partial charge in [0.05, 0.1) is 22.3 Å². The second kappa shape index (κ2) is 8.01. The number of aromatic nitrogens is 2. The topological polar surface area (TPSA) is 46.9 Å². The lowest BCUT2D eigenvalue weighted by atomic mass is 9.86. The second-order valence-electron chi connectivity index (χ2n) is 8.04. The molecule has 0 spiro atoms. The van der Waals surface area contributed by atoms with Gasteiger partial charge in [0.2, 0.25) is 0 Å². The zero-order valence-electron chi connectivity index (χ0n) is 15.9. The minimum absolute atomic E-state index is 0.0247. The second-order valence-corrected chi connectivity index (χ2v) is 8.44. The Kier molecular flexibility index (Phi) is 5.60. The van der Waals surface area contributed by atoms with Gasteiger partial charge in [-0.3, -0.25) is 9.48 Å². The zero-order valence-corrected chi connectivity index (χ0v) is 16.7. The van der Waals surface area contributed by atoms with E-state index >= 15 is 0 Å². The Labute approximate surface area is 172 Å². The Morgan fingerprint density at radius 2 is 1.97 bits per heavy atom. The normalized spacial score (nSPS) is 21.8. The molecule has 0 atom stereocenters. The van der Waals surface area contributed by atoms with Crippen LogP contribution in [0.3, 0.4) is 0 Å². The van der Waals surface area contributed by atoms with E-state index in [1.54, 1.807) is 0 Å². The highest BCUT2D eigenvalue weighted by atomic mass is 35.5. The van der Waals surface area contributed by atoms with Crippen LogP contribution >= 0.6 is 11.6 Å². The largest absolute Gasteiger partial charge is 0.416 e. The van der Waals surface area contributed by atoms with Crippen LogP contribution in [0, 0.1) is 5.92 Å². The van der Waals surface area contributed by atoms with Crippen molar-refractivity contribution < 1.29 is 18.0 Å². The first-order valence-electron chi connectivity index (χ1n) is 10.0. The summed E-state index contributed by atoms with van der Waals surface area (Å²) in [5.41, 5.74) is 1.72. The molecule has 156 valence electrons. The van der Waals surface area contributed by atoms with Gasteiger partial charge in [0.1, 0.15) is 0 Å². The third-order valence-electron chi connectivity index (χ3n) is 6.05. The fourth-order valence-electron chi connectivity index (χ4n) is 4.42. The Hall–Kier alpha value is -2.02. The lowest BCUT2D eigenvalue weighted by Gasteiger charge is -2.29. The Morgan fingerprint density at radius 3 is 2.69 bits per heavy atom. The molecule has 1 fully saturated rings. The highest BCUT2D eigenvalue weighted by molar-refractivity contribution is 6.33. The molecule has 2 aliphatic carbocycles. The first-order chi connectivity index (χ1) is 13.8. The van der Waals surface area contributed by atoms with Gasteiger partial charge in [0, 0.05) is 18.3 Å². The Bertz CT molecular complexity index is 901. The van der Waals surface area contributed by atoms with Gasteiger partial charge in [0.25, 0.3) is 5.91 Å². The fourth-order valence-corrected chi connectivity index (χ4v) is 4.63. The van der Waals surface area contributed by atoms with Crippen LogP contribution in [0.5, 0.6) is 0 Å². The number of halogens is 4. The summed E-state index contributed by atoms with van der Waals surface area (Å²) < 4.78 is 40.9. The Morgan fingerprint density at radius 1 is 1.21 bits per heavy atom. The van der Waals surface area contributed by atoms with Crippen molar-refractivity contribution in [3.63, 3.8) is 0 Å². The van der Waals surface area contributed by atoms with Crippen LogP contribution in [0.15, 0.2) is 24.4 Å². The van der Waals surface area contributed by atoms with Crippen molar-refractivity contribution in [2.45, 2.75) is 63.7 Å². The van der Waals surface area contributed by atoms with E-state index < -0.39 is 17.6 Å². The van der Waals surface area contributed by atoms with Crippen LogP contribution in [-0.4, -0.2) is 21.7 Å².